The number of nitrogens with two attached hydrogens (primary N) is 1. The second kappa shape index (κ2) is 6.62. The van der Waals surface area contributed by atoms with Crippen molar-refractivity contribution in [3.8, 4) is 11.5 Å². The van der Waals surface area contributed by atoms with Crippen LogP contribution in [0.4, 0.5) is 5.69 Å². The van der Waals surface area contributed by atoms with Crippen molar-refractivity contribution in [3.05, 3.63) is 53.6 Å². The lowest BCUT2D eigenvalue weighted by atomic mass is 10.1. The molecule has 2 N–H and O–H groups in total. The van der Waals surface area contributed by atoms with Gasteiger partial charge in [-0.2, -0.15) is 0 Å². The van der Waals surface area contributed by atoms with Crippen LogP contribution in [0.3, 0.4) is 0 Å². The van der Waals surface area contributed by atoms with Gasteiger partial charge in [-0.25, -0.2) is 9.59 Å². The molecule has 2 rings (SSSR count). The topological polar surface area (TPSA) is 87.9 Å². The van der Waals surface area contributed by atoms with Crippen LogP contribution in [0.2, 0.25) is 0 Å². The lowest BCUT2D eigenvalue weighted by molar-refractivity contribution is 0.0591. The summed E-state index contributed by atoms with van der Waals surface area (Å²) < 4.78 is 15.0. The summed E-state index contributed by atoms with van der Waals surface area (Å²) in [7, 11) is 2.58. The van der Waals surface area contributed by atoms with Gasteiger partial charge in [0.2, 0.25) is 0 Å². The van der Waals surface area contributed by atoms with Crippen molar-refractivity contribution < 1.29 is 23.8 Å². The smallest absolute Gasteiger partial charge is 0.343 e. The van der Waals surface area contributed by atoms with Gasteiger partial charge in [-0.15, -0.1) is 0 Å². The van der Waals surface area contributed by atoms with Gasteiger partial charge in [-0.05, 0) is 36.4 Å². The third kappa shape index (κ3) is 3.17. The van der Waals surface area contributed by atoms with E-state index in [9.17, 15) is 9.59 Å². The van der Waals surface area contributed by atoms with E-state index >= 15 is 0 Å². The van der Waals surface area contributed by atoms with Crippen LogP contribution in [0, 0.1) is 0 Å². The maximum atomic E-state index is 11.8. The SMILES string of the molecule is COC(=O)c1ccc(Oc2cccc(N)c2C(=O)OC)cc1. The maximum absolute atomic E-state index is 11.8. The molecule has 0 aliphatic heterocycles. The average molecular weight is 301 g/mol. The van der Waals surface area contributed by atoms with Crippen LogP contribution in [-0.2, 0) is 9.47 Å². The number of carbonyl (C=O) groups is 2. The van der Waals surface area contributed by atoms with Crippen molar-refractivity contribution in [2.75, 3.05) is 20.0 Å². The Bertz CT molecular complexity index is 694. The van der Waals surface area contributed by atoms with Crippen LogP contribution >= 0.6 is 0 Å². The molecule has 0 fully saturated rings. The molecular weight excluding hydrogens is 286 g/mol. The first-order valence-corrected chi connectivity index (χ1v) is 6.40. The van der Waals surface area contributed by atoms with Crippen LogP contribution in [0.5, 0.6) is 11.5 Å². The Hall–Kier alpha value is -3.02. The molecule has 0 aromatic heterocycles. The van der Waals surface area contributed by atoms with Gasteiger partial charge in [0.1, 0.15) is 17.1 Å². The van der Waals surface area contributed by atoms with E-state index < -0.39 is 11.9 Å². The zero-order chi connectivity index (χ0) is 16.1. The largest absolute Gasteiger partial charge is 0.465 e. The monoisotopic (exact) mass is 301 g/mol. The molecule has 0 heterocycles. The molecule has 0 atom stereocenters. The van der Waals surface area contributed by atoms with E-state index in [1.165, 1.54) is 14.2 Å². The fourth-order valence-corrected chi connectivity index (χ4v) is 1.86. The van der Waals surface area contributed by atoms with Crippen molar-refractivity contribution >= 4 is 17.6 Å². The highest BCUT2D eigenvalue weighted by atomic mass is 16.5. The zero-order valence-electron chi connectivity index (χ0n) is 12.2. The first-order chi connectivity index (χ1) is 10.6. The molecular formula is C16H15NO5. The van der Waals surface area contributed by atoms with E-state index in [1.807, 2.05) is 0 Å². The molecule has 2 aromatic rings. The zero-order valence-corrected chi connectivity index (χ0v) is 12.2. The van der Waals surface area contributed by atoms with Gasteiger partial charge in [-0.3, -0.25) is 0 Å². The van der Waals surface area contributed by atoms with Gasteiger partial charge in [0.05, 0.1) is 19.8 Å². The number of benzene rings is 2. The lowest BCUT2D eigenvalue weighted by Gasteiger charge is -2.12. The third-order valence-electron chi connectivity index (χ3n) is 2.95. The summed E-state index contributed by atoms with van der Waals surface area (Å²) in [6, 6.07) is 11.2. The summed E-state index contributed by atoms with van der Waals surface area (Å²) in [5, 5.41) is 0. The van der Waals surface area contributed by atoms with Gasteiger partial charge in [-0.1, -0.05) is 6.07 Å². The minimum Gasteiger partial charge on any atom is -0.465 e. The lowest BCUT2D eigenvalue weighted by Crippen LogP contribution is -2.07. The first kappa shape index (κ1) is 15.4. The van der Waals surface area contributed by atoms with Crippen LogP contribution in [0.15, 0.2) is 42.5 Å². The molecule has 0 saturated carbocycles. The molecule has 2 aromatic carbocycles. The predicted molar refractivity (Wildman–Crippen MR) is 80.0 cm³/mol. The van der Waals surface area contributed by atoms with E-state index in [0.717, 1.165) is 0 Å². The second-order valence-corrected chi connectivity index (χ2v) is 4.33. The highest BCUT2D eigenvalue weighted by Crippen LogP contribution is 2.30. The molecule has 0 aliphatic rings. The van der Waals surface area contributed by atoms with Gasteiger partial charge in [0, 0.05) is 5.69 Å². The Labute approximate surface area is 127 Å². The molecule has 22 heavy (non-hydrogen) atoms. The van der Waals surface area contributed by atoms with Crippen molar-refractivity contribution in [2.24, 2.45) is 0 Å². The van der Waals surface area contributed by atoms with Crippen molar-refractivity contribution in [1.82, 2.24) is 0 Å². The molecule has 0 spiro atoms. The Balaban J connectivity index is 2.29. The number of methoxy groups -OCH3 is 2. The van der Waals surface area contributed by atoms with E-state index in [2.05, 4.69) is 4.74 Å². The number of anilines is 1. The summed E-state index contributed by atoms with van der Waals surface area (Å²) in [5.41, 5.74) is 6.60. The van der Waals surface area contributed by atoms with Crippen molar-refractivity contribution in [1.29, 1.82) is 0 Å². The fraction of sp³-hybridized carbons (Fsp3) is 0.125. The molecule has 114 valence electrons. The van der Waals surface area contributed by atoms with Crippen molar-refractivity contribution in [3.63, 3.8) is 0 Å². The standard InChI is InChI=1S/C16H15NO5/c1-20-15(18)10-6-8-11(9-7-10)22-13-5-3-4-12(17)14(13)16(19)21-2/h3-9H,17H2,1-2H3. The number of hydrogen-bond acceptors (Lipinski definition) is 6. The molecule has 6 nitrogen and oxygen atoms in total. The fourth-order valence-electron chi connectivity index (χ4n) is 1.86. The Morgan fingerprint density at radius 3 is 2.14 bits per heavy atom. The number of rotatable bonds is 4. The number of ether oxygens (including phenoxy) is 3. The molecule has 0 aliphatic carbocycles. The summed E-state index contributed by atoms with van der Waals surface area (Å²) in [6.07, 6.45) is 0. The number of carbonyl (C=O) groups excluding carboxylic acids is 2. The molecule has 6 heteroatoms. The molecule has 0 bridgehead atoms. The highest BCUT2D eigenvalue weighted by Gasteiger charge is 2.17. The molecule has 0 unspecified atom stereocenters. The van der Waals surface area contributed by atoms with Crippen LogP contribution in [0.1, 0.15) is 20.7 Å². The van der Waals surface area contributed by atoms with E-state index in [-0.39, 0.29) is 17.0 Å². The van der Waals surface area contributed by atoms with Gasteiger partial charge in [0.25, 0.3) is 0 Å². The number of hydrogen-bond donors (Lipinski definition) is 1. The Morgan fingerprint density at radius 1 is 0.909 bits per heavy atom. The van der Waals surface area contributed by atoms with E-state index in [0.29, 0.717) is 11.3 Å². The third-order valence-corrected chi connectivity index (χ3v) is 2.95. The van der Waals surface area contributed by atoms with E-state index in [1.54, 1.807) is 42.5 Å². The summed E-state index contributed by atoms with van der Waals surface area (Å²) in [5.74, 6) is -0.300. The quantitative estimate of drug-likeness (QED) is 0.690. The summed E-state index contributed by atoms with van der Waals surface area (Å²) in [6.45, 7) is 0. The molecule has 0 radical (unpaired) electrons. The van der Waals surface area contributed by atoms with Gasteiger partial charge >= 0.3 is 11.9 Å². The van der Waals surface area contributed by atoms with E-state index in [4.69, 9.17) is 15.2 Å². The molecule has 0 saturated heterocycles. The second-order valence-electron chi connectivity index (χ2n) is 4.33. The molecule has 0 amide bonds. The average Bonchev–Trinajstić information content (AvgIpc) is 2.54. The van der Waals surface area contributed by atoms with Crippen molar-refractivity contribution in [2.45, 2.75) is 0 Å². The number of esters is 2. The minimum atomic E-state index is -0.584. The Kier molecular flexibility index (Phi) is 4.63. The van der Waals surface area contributed by atoms with Crippen LogP contribution in [0.25, 0.3) is 0 Å². The predicted octanol–water partition coefficient (Wildman–Crippen LogP) is 2.63. The number of nitrogen functional groups attached to an aromatic ring is 1. The van der Waals surface area contributed by atoms with Gasteiger partial charge in [0.15, 0.2) is 0 Å². The Morgan fingerprint density at radius 2 is 1.55 bits per heavy atom. The normalized spacial score (nSPS) is 9.91. The van der Waals surface area contributed by atoms with Crippen LogP contribution in [-0.4, -0.2) is 26.2 Å². The first-order valence-electron chi connectivity index (χ1n) is 6.40. The van der Waals surface area contributed by atoms with Gasteiger partial charge < -0.3 is 19.9 Å². The van der Waals surface area contributed by atoms with Crippen LogP contribution < -0.4 is 10.5 Å². The maximum Gasteiger partial charge on any atom is 0.343 e. The summed E-state index contributed by atoms with van der Waals surface area (Å²) in [4.78, 5) is 23.2. The minimum absolute atomic E-state index is 0.155. The highest BCUT2D eigenvalue weighted by molar-refractivity contribution is 5.98. The summed E-state index contributed by atoms with van der Waals surface area (Å²) >= 11 is 0.